The highest BCUT2D eigenvalue weighted by molar-refractivity contribution is 6.17. The molecule has 4 heteroatoms. The molecule has 0 fully saturated rings. The Balaban J connectivity index is 3.43. The Hall–Kier alpha value is -0.280. The van der Waals surface area contributed by atoms with Crippen LogP contribution >= 0.6 is 11.6 Å². The van der Waals surface area contributed by atoms with Crippen molar-refractivity contribution in [3.8, 4) is 0 Å². The fourth-order valence-corrected chi connectivity index (χ4v) is 1.03. The maximum absolute atomic E-state index is 11.2. The molecule has 0 radical (unpaired) electrons. The molecule has 0 aromatic carbocycles. The Morgan fingerprint density at radius 3 is 2.67 bits per heavy atom. The highest BCUT2D eigenvalue weighted by Crippen LogP contribution is 2.00. The van der Waals surface area contributed by atoms with Gasteiger partial charge in [0, 0.05) is 25.9 Å². The molecule has 0 aliphatic heterocycles. The van der Waals surface area contributed by atoms with Gasteiger partial charge in [-0.3, -0.25) is 4.79 Å². The molecule has 1 N–H and O–H groups in total. The number of alkyl halides is 1. The molecule has 0 rings (SSSR count). The van der Waals surface area contributed by atoms with Crippen LogP contribution in [0.2, 0.25) is 0 Å². The van der Waals surface area contributed by atoms with E-state index in [-0.39, 0.29) is 12.5 Å². The average molecular weight is 194 g/mol. The summed E-state index contributed by atoms with van der Waals surface area (Å²) in [5.74, 6) is 0.686. The fraction of sp³-hybridized carbons (Fsp3) is 0.875. The summed E-state index contributed by atoms with van der Waals surface area (Å²) in [5.41, 5.74) is 0. The van der Waals surface area contributed by atoms with E-state index in [0.29, 0.717) is 18.8 Å². The monoisotopic (exact) mass is 193 g/mol. The summed E-state index contributed by atoms with van der Waals surface area (Å²) in [7, 11) is 1.69. The maximum atomic E-state index is 11.2. The van der Waals surface area contributed by atoms with Crippen molar-refractivity contribution in [2.45, 2.75) is 19.3 Å². The summed E-state index contributed by atoms with van der Waals surface area (Å²) in [5, 5.41) is 8.54. The average Bonchev–Trinajstić information content (AvgIpc) is 2.05. The summed E-state index contributed by atoms with van der Waals surface area (Å²) >= 11 is 5.46. The lowest BCUT2D eigenvalue weighted by Gasteiger charge is -2.14. The van der Waals surface area contributed by atoms with E-state index < -0.39 is 0 Å². The molecule has 0 aromatic heterocycles. The highest BCUT2D eigenvalue weighted by atomic mass is 35.5. The minimum atomic E-state index is 0.0255. The van der Waals surface area contributed by atoms with Gasteiger partial charge >= 0.3 is 0 Å². The van der Waals surface area contributed by atoms with Crippen molar-refractivity contribution in [2.75, 3.05) is 26.1 Å². The van der Waals surface area contributed by atoms with Crippen molar-refractivity contribution in [3.05, 3.63) is 0 Å². The number of unbranched alkanes of at least 4 members (excludes halogenated alkanes) is 1. The first kappa shape index (κ1) is 11.7. The molecule has 0 aromatic rings. The molecule has 0 unspecified atom stereocenters. The molecule has 0 heterocycles. The van der Waals surface area contributed by atoms with Crippen molar-refractivity contribution < 1.29 is 9.90 Å². The Labute approximate surface area is 78.3 Å². The van der Waals surface area contributed by atoms with Gasteiger partial charge in [-0.15, -0.1) is 11.6 Å². The Bertz CT molecular complexity index is 130. The number of carbonyl (C=O) groups excluding carboxylic acids is 1. The SMILES string of the molecule is CN(CCO)C(=O)CCCCCl. The number of hydrogen-bond donors (Lipinski definition) is 1. The first-order chi connectivity index (χ1) is 5.72. The second-order valence-corrected chi connectivity index (χ2v) is 3.06. The Kier molecular flexibility index (Phi) is 7.20. The second kappa shape index (κ2) is 7.37. The van der Waals surface area contributed by atoms with Gasteiger partial charge in [0.15, 0.2) is 0 Å². The van der Waals surface area contributed by atoms with Crippen molar-refractivity contribution in [1.29, 1.82) is 0 Å². The third-order valence-corrected chi connectivity index (χ3v) is 1.90. The Morgan fingerprint density at radius 2 is 2.17 bits per heavy atom. The van der Waals surface area contributed by atoms with Crippen LogP contribution in [-0.4, -0.2) is 42.0 Å². The van der Waals surface area contributed by atoms with Gasteiger partial charge in [-0.1, -0.05) is 0 Å². The van der Waals surface area contributed by atoms with Gasteiger partial charge in [0.05, 0.1) is 6.61 Å². The van der Waals surface area contributed by atoms with Crippen LogP contribution in [0, 0.1) is 0 Å². The lowest BCUT2D eigenvalue weighted by Crippen LogP contribution is -2.29. The predicted molar refractivity (Wildman–Crippen MR) is 49.3 cm³/mol. The molecule has 0 aliphatic carbocycles. The summed E-state index contributed by atoms with van der Waals surface area (Å²) in [4.78, 5) is 12.7. The van der Waals surface area contributed by atoms with E-state index in [2.05, 4.69) is 0 Å². The van der Waals surface area contributed by atoms with Crippen molar-refractivity contribution in [1.82, 2.24) is 4.90 Å². The van der Waals surface area contributed by atoms with Crippen LogP contribution in [0.25, 0.3) is 0 Å². The summed E-state index contributed by atoms with van der Waals surface area (Å²) in [6.45, 7) is 0.442. The molecule has 3 nitrogen and oxygen atoms in total. The van der Waals surface area contributed by atoms with Crippen molar-refractivity contribution in [2.24, 2.45) is 0 Å². The smallest absolute Gasteiger partial charge is 0.222 e. The molecule has 12 heavy (non-hydrogen) atoms. The van der Waals surface area contributed by atoms with Crippen LogP contribution in [0.15, 0.2) is 0 Å². The topological polar surface area (TPSA) is 40.5 Å². The van der Waals surface area contributed by atoms with E-state index in [4.69, 9.17) is 16.7 Å². The zero-order valence-electron chi connectivity index (χ0n) is 7.42. The van der Waals surface area contributed by atoms with E-state index in [1.807, 2.05) is 0 Å². The first-order valence-electron chi connectivity index (χ1n) is 4.13. The van der Waals surface area contributed by atoms with Gasteiger partial charge in [0.2, 0.25) is 5.91 Å². The van der Waals surface area contributed by atoms with Crippen LogP contribution in [0.3, 0.4) is 0 Å². The first-order valence-corrected chi connectivity index (χ1v) is 4.66. The molecule has 0 bridgehead atoms. The zero-order valence-corrected chi connectivity index (χ0v) is 8.18. The normalized spacial score (nSPS) is 9.92. The van der Waals surface area contributed by atoms with Crippen LogP contribution in [0.5, 0.6) is 0 Å². The number of nitrogens with zero attached hydrogens (tertiary/aromatic N) is 1. The molecule has 1 amide bonds. The third-order valence-electron chi connectivity index (χ3n) is 1.64. The Morgan fingerprint density at radius 1 is 1.50 bits per heavy atom. The summed E-state index contributed by atoms with van der Waals surface area (Å²) < 4.78 is 0. The number of amides is 1. The fourth-order valence-electron chi connectivity index (χ4n) is 0.836. The van der Waals surface area contributed by atoms with Gasteiger partial charge in [0.25, 0.3) is 0 Å². The van der Waals surface area contributed by atoms with Gasteiger partial charge in [-0.2, -0.15) is 0 Å². The van der Waals surface area contributed by atoms with E-state index in [1.54, 1.807) is 7.05 Å². The van der Waals surface area contributed by atoms with E-state index in [0.717, 1.165) is 12.8 Å². The molecule has 0 saturated carbocycles. The van der Waals surface area contributed by atoms with E-state index >= 15 is 0 Å². The minimum absolute atomic E-state index is 0.0255. The second-order valence-electron chi connectivity index (χ2n) is 2.68. The largest absolute Gasteiger partial charge is 0.395 e. The summed E-state index contributed by atoms with van der Waals surface area (Å²) in [6.07, 6.45) is 2.24. The maximum Gasteiger partial charge on any atom is 0.222 e. The minimum Gasteiger partial charge on any atom is -0.395 e. The van der Waals surface area contributed by atoms with E-state index in [9.17, 15) is 4.79 Å². The zero-order chi connectivity index (χ0) is 9.40. The lowest BCUT2D eigenvalue weighted by molar-refractivity contribution is -0.130. The molecule has 0 saturated heterocycles. The van der Waals surface area contributed by atoms with Crippen LogP contribution in [0.4, 0.5) is 0 Å². The number of aliphatic hydroxyl groups excluding tert-OH is 1. The number of halogens is 1. The molecule has 0 atom stereocenters. The molecule has 0 aliphatic rings. The number of carbonyl (C=O) groups is 1. The van der Waals surface area contributed by atoms with E-state index in [1.165, 1.54) is 4.90 Å². The van der Waals surface area contributed by atoms with Crippen LogP contribution in [0.1, 0.15) is 19.3 Å². The van der Waals surface area contributed by atoms with Gasteiger partial charge in [0.1, 0.15) is 0 Å². The molecular formula is C8H16ClNO2. The molecular weight excluding hydrogens is 178 g/mol. The van der Waals surface area contributed by atoms with Crippen molar-refractivity contribution in [3.63, 3.8) is 0 Å². The van der Waals surface area contributed by atoms with Crippen molar-refractivity contribution >= 4 is 17.5 Å². The van der Waals surface area contributed by atoms with Crippen LogP contribution < -0.4 is 0 Å². The van der Waals surface area contributed by atoms with Gasteiger partial charge in [-0.05, 0) is 12.8 Å². The third kappa shape index (κ3) is 5.38. The number of hydrogen-bond acceptors (Lipinski definition) is 2. The predicted octanol–water partition coefficient (Wildman–Crippen LogP) is 0.846. The lowest BCUT2D eigenvalue weighted by atomic mass is 10.2. The molecule has 0 spiro atoms. The number of aliphatic hydroxyl groups is 1. The van der Waals surface area contributed by atoms with Crippen LogP contribution in [-0.2, 0) is 4.79 Å². The molecule has 72 valence electrons. The quantitative estimate of drug-likeness (QED) is 0.502. The standard InChI is InChI=1S/C8H16ClNO2/c1-10(6-7-11)8(12)4-2-3-5-9/h11H,2-7H2,1H3. The highest BCUT2D eigenvalue weighted by Gasteiger charge is 2.06. The number of likely N-dealkylation sites (N-methyl/N-ethyl adjacent to an activating group) is 1. The van der Waals surface area contributed by atoms with Gasteiger partial charge in [-0.25, -0.2) is 0 Å². The summed E-state index contributed by atoms with van der Waals surface area (Å²) in [6, 6.07) is 0. The number of rotatable bonds is 6. The van der Waals surface area contributed by atoms with Gasteiger partial charge < -0.3 is 10.0 Å².